The molecule has 1 aliphatic heterocycles. The Morgan fingerprint density at radius 2 is 1.81 bits per heavy atom. The second-order valence-corrected chi connectivity index (χ2v) is 7.65. The molecule has 1 aromatic carbocycles. The maximum atomic E-state index is 9.10. The van der Waals surface area contributed by atoms with E-state index in [0.717, 1.165) is 41.8 Å². The van der Waals surface area contributed by atoms with E-state index in [2.05, 4.69) is 34.7 Å². The van der Waals surface area contributed by atoms with Crippen LogP contribution in [-0.4, -0.2) is 65.5 Å². The molecule has 1 heterocycles. The maximum absolute atomic E-state index is 9.10. The minimum Gasteiger partial charge on any atom is -0.491 e. The third-order valence-electron chi connectivity index (χ3n) is 3.69. The van der Waals surface area contributed by atoms with Crippen LogP contribution in [0.5, 0.6) is 5.75 Å². The number of aliphatic carboxylic acids is 2. The van der Waals surface area contributed by atoms with Gasteiger partial charge in [0.1, 0.15) is 0 Å². The minimum absolute atomic E-state index is 0.315. The zero-order valence-electron chi connectivity index (χ0n) is 15.6. The van der Waals surface area contributed by atoms with E-state index in [-0.39, 0.29) is 0 Å². The van der Waals surface area contributed by atoms with Gasteiger partial charge in [0.05, 0.1) is 28.3 Å². The molecule has 1 saturated heterocycles. The smallest absolute Gasteiger partial charge is 0.414 e. The molecule has 0 aliphatic carbocycles. The number of ether oxygens (including phenoxy) is 2. The van der Waals surface area contributed by atoms with Crippen LogP contribution in [0.15, 0.2) is 16.6 Å². The van der Waals surface area contributed by atoms with Gasteiger partial charge in [0.15, 0.2) is 5.75 Å². The number of carboxylic acid groups (broad SMARTS) is 2. The molecule has 1 fully saturated rings. The number of rotatable bonds is 5. The molecule has 27 heavy (non-hydrogen) atoms. The number of hydrogen-bond donors (Lipinski definition) is 2. The summed E-state index contributed by atoms with van der Waals surface area (Å²) in [7, 11) is 0. The van der Waals surface area contributed by atoms with Crippen molar-refractivity contribution in [1.29, 1.82) is 0 Å². The van der Waals surface area contributed by atoms with Crippen LogP contribution in [0.2, 0.25) is 5.02 Å². The number of carboxylic acids is 2. The van der Waals surface area contributed by atoms with Crippen LogP contribution < -0.4 is 4.74 Å². The predicted molar refractivity (Wildman–Crippen MR) is 106 cm³/mol. The molecule has 0 saturated carbocycles. The Labute approximate surface area is 172 Å². The summed E-state index contributed by atoms with van der Waals surface area (Å²) < 4.78 is 12.5. The van der Waals surface area contributed by atoms with Gasteiger partial charge in [0, 0.05) is 19.6 Å². The van der Waals surface area contributed by atoms with Crippen molar-refractivity contribution in [2.75, 3.05) is 26.2 Å². The molecule has 7 nitrogen and oxygen atoms in total. The Hall–Kier alpha value is -1.35. The maximum Gasteiger partial charge on any atom is 0.414 e. The first kappa shape index (κ1) is 23.7. The lowest BCUT2D eigenvalue weighted by Gasteiger charge is -2.35. The van der Waals surface area contributed by atoms with E-state index in [1.807, 2.05) is 19.1 Å². The van der Waals surface area contributed by atoms with Gasteiger partial charge < -0.3 is 19.7 Å². The zero-order chi connectivity index (χ0) is 20.6. The average molecular weight is 467 g/mol. The molecule has 152 valence electrons. The van der Waals surface area contributed by atoms with E-state index in [1.165, 1.54) is 0 Å². The van der Waals surface area contributed by atoms with Crippen LogP contribution in [0.4, 0.5) is 0 Å². The van der Waals surface area contributed by atoms with Gasteiger partial charge in [0.2, 0.25) is 0 Å². The van der Waals surface area contributed by atoms with Crippen LogP contribution in [-0.2, 0) is 14.3 Å². The van der Waals surface area contributed by atoms with Gasteiger partial charge in [-0.1, -0.05) is 11.6 Å². The first-order valence-corrected chi connectivity index (χ1v) is 9.69. The van der Waals surface area contributed by atoms with E-state index in [0.29, 0.717) is 23.8 Å². The quantitative estimate of drug-likeness (QED) is 0.507. The van der Waals surface area contributed by atoms with E-state index >= 15 is 0 Å². The number of hydrogen-bond acceptors (Lipinski definition) is 5. The van der Waals surface area contributed by atoms with Gasteiger partial charge in [-0.05, 0) is 60.8 Å². The first-order chi connectivity index (χ1) is 12.6. The van der Waals surface area contributed by atoms with E-state index in [1.54, 1.807) is 0 Å². The molecule has 2 N–H and O–H groups in total. The van der Waals surface area contributed by atoms with Gasteiger partial charge in [-0.3, -0.25) is 4.90 Å². The lowest BCUT2D eigenvalue weighted by atomic mass is 10.2. The normalized spacial score (nSPS) is 19.7. The van der Waals surface area contributed by atoms with Crippen molar-refractivity contribution in [3.05, 3.63) is 27.2 Å². The lowest BCUT2D eigenvalue weighted by molar-refractivity contribution is -0.159. The number of halogens is 2. The number of aryl methyl sites for hydroxylation is 1. The summed E-state index contributed by atoms with van der Waals surface area (Å²) in [5.74, 6) is -2.91. The number of nitrogens with zero attached hydrogens (tertiary/aromatic N) is 1. The molecular formula is C18H25BrClNO6. The summed E-state index contributed by atoms with van der Waals surface area (Å²) in [6.45, 7) is 9.96. The van der Waals surface area contributed by atoms with Crippen LogP contribution in [0.3, 0.4) is 0 Å². The molecule has 0 spiro atoms. The van der Waals surface area contributed by atoms with Crippen molar-refractivity contribution in [1.82, 2.24) is 4.90 Å². The summed E-state index contributed by atoms with van der Waals surface area (Å²) >= 11 is 9.72. The summed E-state index contributed by atoms with van der Waals surface area (Å²) in [5, 5.41) is 15.4. The fourth-order valence-electron chi connectivity index (χ4n) is 2.75. The second kappa shape index (κ2) is 11.5. The van der Waals surface area contributed by atoms with Crippen molar-refractivity contribution >= 4 is 39.5 Å². The zero-order valence-corrected chi connectivity index (χ0v) is 17.9. The topological polar surface area (TPSA) is 96.3 Å². The Morgan fingerprint density at radius 1 is 1.26 bits per heavy atom. The predicted octanol–water partition coefficient (Wildman–Crippen LogP) is 3.44. The molecule has 0 radical (unpaired) electrons. The summed E-state index contributed by atoms with van der Waals surface area (Å²) in [5.41, 5.74) is 1.12. The minimum atomic E-state index is -1.82. The fourth-order valence-corrected chi connectivity index (χ4v) is 3.89. The molecule has 2 atom stereocenters. The van der Waals surface area contributed by atoms with Gasteiger partial charge >= 0.3 is 11.9 Å². The highest BCUT2D eigenvalue weighted by molar-refractivity contribution is 9.10. The molecule has 0 aromatic heterocycles. The highest BCUT2D eigenvalue weighted by Crippen LogP contribution is 2.34. The van der Waals surface area contributed by atoms with Crippen LogP contribution in [0.25, 0.3) is 0 Å². The van der Waals surface area contributed by atoms with Gasteiger partial charge in [0.25, 0.3) is 0 Å². The van der Waals surface area contributed by atoms with Gasteiger partial charge in [-0.25, -0.2) is 9.59 Å². The Balaban J connectivity index is 0.000000527. The molecule has 1 aromatic rings. The monoisotopic (exact) mass is 465 g/mol. The van der Waals surface area contributed by atoms with E-state index < -0.39 is 11.9 Å². The lowest BCUT2D eigenvalue weighted by Crippen LogP contribution is -2.45. The van der Waals surface area contributed by atoms with Crippen molar-refractivity contribution in [2.24, 2.45) is 0 Å². The van der Waals surface area contributed by atoms with E-state index in [4.69, 9.17) is 40.9 Å². The van der Waals surface area contributed by atoms with Crippen molar-refractivity contribution in [2.45, 2.75) is 39.4 Å². The molecule has 9 heteroatoms. The SMILES string of the molecule is Cc1cc(Cl)c(OCCCN2CC(C)OC(C)C2)c(Br)c1.O=C(O)C(=O)O. The van der Waals surface area contributed by atoms with Gasteiger partial charge in [-0.15, -0.1) is 0 Å². The van der Waals surface area contributed by atoms with Crippen LogP contribution in [0, 0.1) is 6.92 Å². The molecule has 2 unspecified atom stereocenters. The molecule has 1 aliphatic rings. The summed E-state index contributed by atoms with van der Waals surface area (Å²) in [6, 6.07) is 3.94. The van der Waals surface area contributed by atoms with Crippen molar-refractivity contribution < 1.29 is 29.3 Å². The van der Waals surface area contributed by atoms with Crippen molar-refractivity contribution in [3.8, 4) is 5.75 Å². The summed E-state index contributed by atoms with van der Waals surface area (Å²) in [6.07, 6.45) is 1.61. The third kappa shape index (κ3) is 8.92. The van der Waals surface area contributed by atoms with Gasteiger partial charge in [-0.2, -0.15) is 0 Å². The Kier molecular flexibility index (Phi) is 10.1. The average Bonchev–Trinajstić information content (AvgIpc) is 2.52. The highest BCUT2D eigenvalue weighted by Gasteiger charge is 2.21. The largest absolute Gasteiger partial charge is 0.491 e. The fraction of sp³-hybridized carbons (Fsp3) is 0.556. The van der Waals surface area contributed by atoms with E-state index in [9.17, 15) is 0 Å². The molecule has 0 bridgehead atoms. The Morgan fingerprint density at radius 3 is 2.30 bits per heavy atom. The Bertz CT molecular complexity index is 612. The number of carbonyl (C=O) groups is 2. The first-order valence-electron chi connectivity index (χ1n) is 8.52. The third-order valence-corrected chi connectivity index (χ3v) is 4.56. The number of morpholine rings is 1. The molecule has 2 rings (SSSR count). The standard InChI is InChI=1S/C16H23BrClNO2.C2H2O4/c1-11-7-14(17)16(15(18)8-11)20-6-4-5-19-9-12(2)21-13(3)10-19;3-1(4)2(5)6/h7-8,12-13H,4-6,9-10H2,1-3H3;(H,3,4)(H,5,6). The molecular weight excluding hydrogens is 442 g/mol. The number of benzene rings is 1. The molecule has 0 amide bonds. The van der Waals surface area contributed by atoms with Crippen LogP contribution in [0.1, 0.15) is 25.8 Å². The highest BCUT2D eigenvalue weighted by atomic mass is 79.9. The second-order valence-electron chi connectivity index (χ2n) is 6.39. The van der Waals surface area contributed by atoms with Crippen LogP contribution >= 0.6 is 27.5 Å². The van der Waals surface area contributed by atoms with Crippen molar-refractivity contribution in [3.63, 3.8) is 0 Å². The summed E-state index contributed by atoms with van der Waals surface area (Å²) in [4.78, 5) is 20.6.